The van der Waals surface area contributed by atoms with Gasteiger partial charge in [0.05, 0.1) is 11.7 Å². The number of hydrogen-bond donors (Lipinski definition) is 2. The highest BCUT2D eigenvalue weighted by molar-refractivity contribution is 5.86. The molecule has 0 radical (unpaired) electrons. The van der Waals surface area contributed by atoms with E-state index in [9.17, 15) is 9.59 Å². The largest absolute Gasteiger partial charge is 0.320 e. The lowest BCUT2D eigenvalue weighted by atomic mass is 9.90. The summed E-state index contributed by atoms with van der Waals surface area (Å²) in [7, 11) is 0. The lowest BCUT2D eigenvalue weighted by Crippen LogP contribution is -2.26. The summed E-state index contributed by atoms with van der Waals surface area (Å²) in [6.07, 6.45) is 24.6. The Morgan fingerprint density at radius 3 is 1.97 bits per heavy atom. The zero-order valence-electron chi connectivity index (χ0n) is 36.5. The molecule has 3 aliphatic rings. The highest BCUT2D eigenvalue weighted by Gasteiger charge is 2.21. The third-order valence-electron chi connectivity index (χ3n) is 13.6. The van der Waals surface area contributed by atoms with Gasteiger partial charge >= 0.3 is 0 Å². The van der Waals surface area contributed by atoms with Crippen molar-refractivity contribution < 1.29 is 9.59 Å². The molecule has 7 rings (SSSR count). The van der Waals surface area contributed by atoms with Crippen LogP contribution in [0.15, 0.2) is 121 Å². The number of Topliss-reactive ketones (excluding diaryl/α,β-unsaturated/α-hetero) is 2. The molecule has 0 amide bonds. The van der Waals surface area contributed by atoms with Crippen LogP contribution in [0.2, 0.25) is 0 Å². The molecule has 1 heterocycles. The van der Waals surface area contributed by atoms with E-state index in [1.807, 2.05) is 18.2 Å². The standard InChI is InChI=1S/C56H68N2O2/c1-40(14-12-19-43-15-4-5-16-43)34-45-28-32-48(33-29-45)55-39-56(58-57-55)54-25-11-9-22-50(54)38-52(60)37-49-21-8-10-24-53(49)42(3)35-41(2)47-30-26-46(27-31-47)36-51(59)23-13-20-44-17-6-7-18-44/h8-11,21-22,24-33,35,39,41,43-44,55,57-58H,1,4-7,12-20,23,34,36-38H2,2-3H3/b42-35+. The van der Waals surface area contributed by atoms with E-state index in [1.165, 1.54) is 92.9 Å². The molecule has 60 heavy (non-hydrogen) atoms. The number of benzene rings is 4. The van der Waals surface area contributed by atoms with Crippen LogP contribution in [-0.4, -0.2) is 11.6 Å². The first-order valence-electron chi connectivity index (χ1n) is 23.2. The van der Waals surface area contributed by atoms with Crippen molar-refractivity contribution in [2.45, 2.75) is 141 Å². The van der Waals surface area contributed by atoms with E-state index >= 15 is 0 Å². The smallest absolute Gasteiger partial charge is 0.141 e. The van der Waals surface area contributed by atoms with Gasteiger partial charge in [-0.25, -0.2) is 5.43 Å². The molecule has 2 saturated carbocycles. The number of hydrogen-bond acceptors (Lipinski definition) is 4. The highest BCUT2D eigenvalue weighted by Crippen LogP contribution is 2.32. The van der Waals surface area contributed by atoms with Crippen molar-refractivity contribution in [3.05, 3.63) is 166 Å². The van der Waals surface area contributed by atoms with Crippen molar-refractivity contribution in [3.63, 3.8) is 0 Å². The number of hydrazine groups is 1. The first-order valence-corrected chi connectivity index (χ1v) is 23.2. The van der Waals surface area contributed by atoms with E-state index in [0.29, 0.717) is 31.5 Å². The molecule has 4 aromatic rings. The number of ketones is 2. The van der Waals surface area contributed by atoms with Crippen LogP contribution >= 0.6 is 0 Å². The topological polar surface area (TPSA) is 58.2 Å². The van der Waals surface area contributed by atoms with E-state index in [4.69, 9.17) is 0 Å². The molecule has 2 fully saturated rings. The zero-order valence-corrected chi connectivity index (χ0v) is 36.5. The SMILES string of the molecule is C=C(CCCC1CCCC1)Cc1ccc(C2C=C(c3ccccc3CC(=O)Cc3ccccc3/C(C)=C/C(C)c3ccc(CC(=O)CCCC4CCCC4)cc3)NN2)cc1. The summed E-state index contributed by atoms with van der Waals surface area (Å²) in [4.78, 5) is 26.5. The normalized spacial score (nSPS) is 17.7. The Bertz CT molecular complexity index is 2110. The Balaban J connectivity index is 0.915. The van der Waals surface area contributed by atoms with Crippen molar-refractivity contribution in [2.75, 3.05) is 0 Å². The van der Waals surface area contributed by atoms with Crippen LogP contribution < -0.4 is 10.9 Å². The van der Waals surface area contributed by atoms with Crippen LogP contribution in [0.5, 0.6) is 0 Å². The number of nitrogens with one attached hydrogen (secondary N) is 2. The predicted molar refractivity (Wildman–Crippen MR) is 250 cm³/mol. The number of carbonyl (C=O) groups is 2. The lowest BCUT2D eigenvalue weighted by molar-refractivity contribution is -0.119. The molecular weight excluding hydrogens is 733 g/mol. The monoisotopic (exact) mass is 801 g/mol. The van der Waals surface area contributed by atoms with Gasteiger partial charge in [-0.15, -0.1) is 0 Å². The minimum Gasteiger partial charge on any atom is -0.320 e. The van der Waals surface area contributed by atoms with E-state index in [-0.39, 0.29) is 17.7 Å². The Morgan fingerprint density at radius 1 is 0.683 bits per heavy atom. The lowest BCUT2D eigenvalue weighted by Gasteiger charge is -2.14. The summed E-state index contributed by atoms with van der Waals surface area (Å²) in [6.45, 7) is 8.76. The molecule has 4 aromatic carbocycles. The first kappa shape index (κ1) is 43.3. The zero-order chi connectivity index (χ0) is 41.7. The maximum absolute atomic E-state index is 13.8. The van der Waals surface area contributed by atoms with Crippen LogP contribution in [0.1, 0.15) is 160 Å². The molecule has 1 aliphatic heterocycles. The number of allylic oxidation sites excluding steroid dienone is 3. The first-order chi connectivity index (χ1) is 29.3. The second-order valence-electron chi connectivity index (χ2n) is 18.4. The van der Waals surface area contributed by atoms with Crippen LogP contribution in [0.4, 0.5) is 0 Å². The van der Waals surface area contributed by atoms with Gasteiger partial charge in [0, 0.05) is 31.2 Å². The highest BCUT2D eigenvalue weighted by atomic mass is 16.1. The molecule has 2 unspecified atom stereocenters. The molecule has 2 atom stereocenters. The minimum absolute atomic E-state index is 0.0410. The van der Waals surface area contributed by atoms with Gasteiger partial charge in [0.2, 0.25) is 0 Å². The van der Waals surface area contributed by atoms with Gasteiger partial charge in [-0.05, 0) is 101 Å². The molecule has 0 spiro atoms. The molecule has 314 valence electrons. The summed E-state index contributed by atoms with van der Waals surface area (Å²) in [5.74, 6) is 2.54. The molecule has 0 aromatic heterocycles. The van der Waals surface area contributed by atoms with Gasteiger partial charge in [0.15, 0.2) is 0 Å². The summed E-state index contributed by atoms with van der Waals surface area (Å²) in [5.41, 5.74) is 19.5. The Labute approximate surface area is 361 Å². The fourth-order valence-corrected chi connectivity index (χ4v) is 10.1. The van der Waals surface area contributed by atoms with Crippen LogP contribution in [0.25, 0.3) is 11.3 Å². The van der Waals surface area contributed by atoms with Gasteiger partial charge < -0.3 is 5.43 Å². The van der Waals surface area contributed by atoms with Crippen molar-refractivity contribution in [1.82, 2.24) is 10.9 Å². The molecule has 4 nitrogen and oxygen atoms in total. The van der Waals surface area contributed by atoms with Gasteiger partial charge in [-0.2, -0.15) is 0 Å². The van der Waals surface area contributed by atoms with Crippen LogP contribution in [0, 0.1) is 11.8 Å². The molecule has 2 N–H and O–H groups in total. The van der Waals surface area contributed by atoms with Crippen molar-refractivity contribution in [2.24, 2.45) is 11.8 Å². The molecular formula is C56H68N2O2. The quantitative estimate of drug-likeness (QED) is 0.0824. The van der Waals surface area contributed by atoms with Crippen molar-refractivity contribution in [1.29, 1.82) is 0 Å². The fourth-order valence-electron chi connectivity index (χ4n) is 10.1. The second-order valence-corrected chi connectivity index (χ2v) is 18.4. The summed E-state index contributed by atoms with van der Waals surface area (Å²) in [5, 5.41) is 0. The maximum Gasteiger partial charge on any atom is 0.141 e. The van der Waals surface area contributed by atoms with Crippen LogP contribution in [0.3, 0.4) is 0 Å². The number of rotatable bonds is 21. The van der Waals surface area contributed by atoms with Gasteiger partial charge in [-0.3, -0.25) is 9.59 Å². The van der Waals surface area contributed by atoms with Crippen molar-refractivity contribution in [3.8, 4) is 0 Å². The average molecular weight is 801 g/mol. The molecule has 4 heteroatoms. The van der Waals surface area contributed by atoms with E-state index in [0.717, 1.165) is 70.2 Å². The Hall–Kier alpha value is -4.80. The Morgan fingerprint density at radius 2 is 1.27 bits per heavy atom. The average Bonchev–Trinajstić information content (AvgIpc) is 4.07. The summed E-state index contributed by atoms with van der Waals surface area (Å²) in [6, 6.07) is 34.1. The molecule has 0 bridgehead atoms. The van der Waals surface area contributed by atoms with E-state index < -0.39 is 0 Å². The second kappa shape index (κ2) is 21.6. The van der Waals surface area contributed by atoms with Gasteiger partial charge in [-0.1, -0.05) is 186 Å². The molecule has 0 saturated heterocycles. The summed E-state index contributed by atoms with van der Waals surface area (Å²) >= 11 is 0. The number of carbonyl (C=O) groups excluding carboxylic acids is 2. The minimum atomic E-state index is 0.0410. The van der Waals surface area contributed by atoms with Crippen LogP contribution in [-0.2, 0) is 35.3 Å². The fraction of sp³-hybridized carbons (Fsp3) is 0.429. The maximum atomic E-state index is 13.8. The van der Waals surface area contributed by atoms with Gasteiger partial charge in [0.25, 0.3) is 0 Å². The van der Waals surface area contributed by atoms with Gasteiger partial charge in [0.1, 0.15) is 11.6 Å². The van der Waals surface area contributed by atoms with Crippen molar-refractivity contribution >= 4 is 22.8 Å². The Kier molecular flexibility index (Phi) is 15.6. The third-order valence-corrected chi connectivity index (χ3v) is 13.6. The molecule has 2 aliphatic carbocycles. The summed E-state index contributed by atoms with van der Waals surface area (Å²) < 4.78 is 0. The third kappa shape index (κ3) is 12.4. The predicted octanol–water partition coefficient (Wildman–Crippen LogP) is 13.4. The van der Waals surface area contributed by atoms with E-state index in [1.54, 1.807) is 0 Å². The van der Waals surface area contributed by atoms with E-state index in [2.05, 4.69) is 122 Å².